The molecule has 2 aromatic rings. The van der Waals surface area contributed by atoms with Gasteiger partial charge in [0.15, 0.2) is 58.4 Å². The second-order valence-corrected chi connectivity index (χ2v) is 12.7. The van der Waals surface area contributed by atoms with Gasteiger partial charge in [0.2, 0.25) is 12.9 Å². The van der Waals surface area contributed by atoms with Crippen molar-refractivity contribution in [1.82, 2.24) is 0 Å². The van der Waals surface area contributed by atoms with E-state index in [1.165, 1.54) is 36.4 Å². The number of rotatable bonds is 10. The average Bonchev–Trinajstić information content (AvgIpc) is 3.15. The van der Waals surface area contributed by atoms with Crippen LogP contribution in [0, 0.1) is 0 Å². The van der Waals surface area contributed by atoms with Gasteiger partial charge in [0.25, 0.3) is 0 Å². The standard InChI is InChI=1S/C36H36O19/c37-12-25-28(45)30(47)32(49)35(53-25)55-34-31(48)29(46)26(13-50-27(44)6-2-14-1-4-18(39)21(42)7-14)54-36(34)52-24-11-17-20(41)9-16(38)10-23(17)51-33(24)15-3-5-19(40)22(43)8-15/h1-11,25-26,28-32,34-37,39-43,45-49H,12-13H2/p+1/t25-,26+,28-,29-,30+,31+,32-,34+,35+,36-/m1/s1. The Morgan fingerprint density at radius 2 is 1.40 bits per heavy atom. The monoisotopic (exact) mass is 773 g/mol. The molecule has 0 saturated carbocycles. The smallest absolute Gasteiger partial charge is 0.507 e. The predicted octanol–water partition coefficient (Wildman–Crippen LogP) is -0.817. The molecule has 0 spiro atoms. The number of phenolic OH excluding ortho intramolecular Hbond substituents is 5. The van der Waals surface area contributed by atoms with Crippen molar-refractivity contribution in [2.45, 2.75) is 61.4 Å². The van der Waals surface area contributed by atoms with Crippen molar-refractivity contribution in [2.24, 2.45) is 0 Å². The highest BCUT2D eigenvalue weighted by molar-refractivity contribution is 5.88. The maximum absolute atomic E-state index is 12.2. The van der Waals surface area contributed by atoms with E-state index >= 15 is 0 Å². The number of hydrogen-bond donors (Lipinski definition) is 11. The van der Waals surface area contributed by atoms with E-state index in [1.807, 2.05) is 0 Å². The van der Waals surface area contributed by atoms with Gasteiger partial charge < -0.3 is 89.1 Å². The first-order valence-electron chi connectivity index (χ1n) is 16.5. The van der Waals surface area contributed by atoms with Crippen molar-refractivity contribution in [2.75, 3.05) is 13.2 Å². The molecule has 19 nitrogen and oxygen atoms in total. The van der Waals surface area contributed by atoms with E-state index in [0.29, 0.717) is 5.56 Å². The highest BCUT2D eigenvalue weighted by atomic mass is 16.8. The molecular formula is C36H37O19+. The number of aliphatic hydroxyl groups is 6. The SMILES string of the molecule is O=c1cc2oc(-c3ccc(O)c(O)c3)c(O[C@@H]3O[C@@H](COC(=[OH+])C=Cc4ccc(O)c(O)c4)[C@@H](O)[C@H](O)[C@@H]3O[C@@H]3O[C@H](CO)[C@@H](O)[C@H](O)[C@H]3O)cc-2c(O)c1. The predicted molar refractivity (Wildman–Crippen MR) is 184 cm³/mol. The molecule has 2 aromatic carbocycles. The molecule has 2 saturated heterocycles. The minimum atomic E-state index is -1.99. The van der Waals surface area contributed by atoms with Crippen LogP contribution in [0.15, 0.2) is 69.9 Å². The number of ether oxygens (including phenoxy) is 5. The molecule has 19 heteroatoms. The lowest BCUT2D eigenvalue weighted by Crippen LogP contribution is -2.65. The Balaban J connectivity index is 1.34. The van der Waals surface area contributed by atoms with Crippen molar-refractivity contribution >= 4 is 12.0 Å². The van der Waals surface area contributed by atoms with Gasteiger partial charge in [-0.2, -0.15) is 0 Å². The fourth-order valence-electron chi connectivity index (χ4n) is 5.90. The Kier molecular flexibility index (Phi) is 11.5. The molecular weight excluding hydrogens is 736 g/mol. The number of esters is 1. The molecule has 2 fully saturated rings. The highest BCUT2D eigenvalue weighted by Crippen LogP contribution is 2.43. The van der Waals surface area contributed by atoms with Gasteiger partial charge in [-0.25, -0.2) is 0 Å². The lowest BCUT2D eigenvalue weighted by atomic mass is 9.97. The minimum Gasteiger partial charge on any atom is -0.507 e. The Morgan fingerprint density at radius 3 is 2.09 bits per heavy atom. The van der Waals surface area contributed by atoms with Crippen LogP contribution in [0.1, 0.15) is 5.56 Å². The summed E-state index contributed by atoms with van der Waals surface area (Å²) in [4.78, 5) is 22.6. The van der Waals surface area contributed by atoms with E-state index in [2.05, 4.69) is 0 Å². The molecule has 0 radical (unpaired) electrons. The zero-order chi connectivity index (χ0) is 39.7. The zero-order valence-electron chi connectivity index (χ0n) is 28.3. The van der Waals surface area contributed by atoms with Crippen LogP contribution in [0.5, 0.6) is 34.5 Å². The van der Waals surface area contributed by atoms with Gasteiger partial charge >= 0.3 is 5.97 Å². The molecule has 3 aliphatic heterocycles. The van der Waals surface area contributed by atoms with Crippen molar-refractivity contribution in [3.05, 3.63) is 76.5 Å². The number of hydrogen-bond acceptors (Lipinski definition) is 18. The molecule has 0 amide bonds. The summed E-state index contributed by atoms with van der Waals surface area (Å²) in [5.74, 6) is -3.79. The third-order valence-corrected chi connectivity index (χ3v) is 8.88. The largest absolute Gasteiger partial charge is 0.510 e. The Bertz CT molecular complexity index is 2060. The maximum Gasteiger partial charge on any atom is 0.510 e. The van der Waals surface area contributed by atoms with E-state index in [1.54, 1.807) is 0 Å². The molecule has 6 rings (SSSR count). The van der Waals surface area contributed by atoms with Crippen LogP contribution in [0.2, 0.25) is 0 Å². The fraction of sp³-hybridized carbons (Fsp3) is 0.333. The number of phenols is 5. The maximum atomic E-state index is 12.2. The molecule has 0 aromatic heterocycles. The lowest BCUT2D eigenvalue weighted by molar-refractivity contribution is -0.357. The summed E-state index contributed by atoms with van der Waals surface area (Å²) in [6, 6.07) is 10.5. The molecule has 4 aliphatic rings. The lowest BCUT2D eigenvalue weighted by Gasteiger charge is -2.45. The van der Waals surface area contributed by atoms with Gasteiger partial charge in [-0.15, -0.1) is 0 Å². The van der Waals surface area contributed by atoms with Crippen LogP contribution in [-0.4, -0.2) is 142 Å². The topological polar surface area (TPSA) is 320 Å². The van der Waals surface area contributed by atoms with E-state index in [9.17, 15) is 65.8 Å². The Labute approximate surface area is 309 Å². The van der Waals surface area contributed by atoms with Gasteiger partial charge in [-0.05, 0) is 48.0 Å². The number of aliphatic hydroxyl groups excluding tert-OH is 6. The van der Waals surface area contributed by atoms with Gasteiger partial charge in [-0.3, -0.25) is 4.79 Å². The van der Waals surface area contributed by atoms with Crippen LogP contribution in [-0.2, 0) is 18.9 Å². The summed E-state index contributed by atoms with van der Waals surface area (Å²) >= 11 is 0. The molecule has 10 atom stereocenters. The van der Waals surface area contributed by atoms with Crippen LogP contribution < -0.4 is 10.2 Å². The van der Waals surface area contributed by atoms with Gasteiger partial charge in [0.05, 0.1) is 18.2 Å². The molecule has 3 heterocycles. The van der Waals surface area contributed by atoms with Crippen molar-refractivity contribution in [3.63, 3.8) is 0 Å². The average molecular weight is 774 g/mol. The number of carbonyl (C=O) groups excluding carboxylic acids is 1. The third kappa shape index (κ3) is 8.29. The van der Waals surface area contributed by atoms with Crippen LogP contribution in [0.25, 0.3) is 28.7 Å². The number of fused-ring (bicyclic) bond motifs is 1. The second kappa shape index (κ2) is 16.1. The molecule has 55 heavy (non-hydrogen) atoms. The van der Waals surface area contributed by atoms with Gasteiger partial charge in [0, 0.05) is 17.7 Å². The molecule has 12 N–H and O–H groups in total. The number of aromatic hydroxyl groups is 5. The Morgan fingerprint density at radius 1 is 0.727 bits per heavy atom. The van der Waals surface area contributed by atoms with Crippen molar-refractivity contribution < 1.29 is 89.1 Å². The van der Waals surface area contributed by atoms with E-state index in [4.69, 9.17) is 28.1 Å². The zero-order valence-corrected chi connectivity index (χ0v) is 28.3. The third-order valence-electron chi connectivity index (χ3n) is 8.88. The minimum absolute atomic E-state index is 0.0546. The summed E-state index contributed by atoms with van der Waals surface area (Å²) in [5.41, 5.74) is -0.273. The fourth-order valence-corrected chi connectivity index (χ4v) is 5.90. The quantitative estimate of drug-likeness (QED) is 0.0406. The van der Waals surface area contributed by atoms with E-state index in [0.717, 1.165) is 30.3 Å². The molecule has 1 aliphatic carbocycles. The molecule has 0 unspecified atom stereocenters. The first kappa shape index (κ1) is 39.2. The Hall–Kier alpha value is -5.48. The molecule has 294 valence electrons. The normalized spacial score (nSPS) is 28.3. The van der Waals surface area contributed by atoms with Crippen molar-refractivity contribution in [3.8, 4) is 57.1 Å². The van der Waals surface area contributed by atoms with Crippen LogP contribution in [0.4, 0.5) is 0 Å². The van der Waals surface area contributed by atoms with Crippen LogP contribution >= 0.6 is 0 Å². The summed E-state index contributed by atoms with van der Waals surface area (Å²) in [7, 11) is 0. The molecule has 0 bridgehead atoms. The summed E-state index contributed by atoms with van der Waals surface area (Å²) in [6.07, 6.45) is -15.7. The second-order valence-electron chi connectivity index (χ2n) is 12.7. The van der Waals surface area contributed by atoms with Crippen molar-refractivity contribution in [1.29, 1.82) is 0 Å². The highest BCUT2D eigenvalue weighted by Gasteiger charge is 2.52. The summed E-state index contributed by atoms with van der Waals surface area (Å²) < 4.78 is 34.6. The summed E-state index contributed by atoms with van der Waals surface area (Å²) in [6.45, 7) is -1.48. The van der Waals surface area contributed by atoms with E-state index in [-0.39, 0.29) is 34.1 Å². The van der Waals surface area contributed by atoms with Gasteiger partial charge in [0.1, 0.15) is 48.1 Å². The first-order chi connectivity index (χ1) is 26.1. The first-order valence-corrected chi connectivity index (χ1v) is 16.5. The summed E-state index contributed by atoms with van der Waals surface area (Å²) in [5, 5.41) is 114. The van der Waals surface area contributed by atoms with Crippen LogP contribution in [0.3, 0.4) is 0 Å². The number of benzene rings is 3. The van der Waals surface area contributed by atoms with Gasteiger partial charge in [-0.1, -0.05) is 6.07 Å². The van der Waals surface area contributed by atoms with E-state index < -0.39 is 109 Å².